The molecule has 1 aliphatic rings. The summed E-state index contributed by atoms with van der Waals surface area (Å²) in [6, 6.07) is 14.3. The van der Waals surface area contributed by atoms with Gasteiger partial charge in [-0.2, -0.15) is 9.40 Å². The molecule has 8 heteroatoms. The number of rotatable bonds is 5. The summed E-state index contributed by atoms with van der Waals surface area (Å²) in [6.07, 6.45) is 2.78. The maximum Gasteiger partial charge on any atom is 0.243 e. The fourth-order valence-corrected chi connectivity index (χ4v) is 4.85. The molecule has 0 saturated carbocycles. The summed E-state index contributed by atoms with van der Waals surface area (Å²) >= 11 is 0. The smallest absolute Gasteiger partial charge is 0.243 e. The molecule has 4 rings (SSSR count). The Bertz CT molecular complexity index is 1070. The molecule has 28 heavy (non-hydrogen) atoms. The molecule has 0 atom stereocenters. The van der Waals surface area contributed by atoms with Gasteiger partial charge in [0.05, 0.1) is 18.2 Å². The second-order valence-corrected chi connectivity index (χ2v) is 8.58. The zero-order valence-corrected chi connectivity index (χ0v) is 16.3. The lowest BCUT2D eigenvalue weighted by atomic mass is 10.1. The van der Waals surface area contributed by atoms with Crippen molar-refractivity contribution in [2.24, 2.45) is 0 Å². The monoisotopic (exact) mass is 399 g/mol. The molecule has 3 aromatic rings. The van der Waals surface area contributed by atoms with Crippen molar-refractivity contribution in [3.63, 3.8) is 0 Å². The first-order valence-electron chi connectivity index (χ1n) is 9.09. The van der Waals surface area contributed by atoms with Gasteiger partial charge in [0.2, 0.25) is 15.9 Å². The molecule has 1 fully saturated rings. The van der Waals surface area contributed by atoms with Gasteiger partial charge < -0.3 is 9.47 Å². The largest absolute Gasteiger partial charge is 0.497 e. The van der Waals surface area contributed by atoms with Crippen LogP contribution < -0.4 is 9.47 Å². The van der Waals surface area contributed by atoms with Crippen molar-refractivity contribution in [3.8, 4) is 11.6 Å². The molecular weight excluding hydrogens is 378 g/mol. The number of aromatic nitrogens is 2. The highest BCUT2D eigenvalue weighted by molar-refractivity contribution is 7.89. The number of nitrogens with zero attached hydrogens (tertiary/aromatic N) is 3. The Hall–Kier alpha value is -2.71. The Morgan fingerprint density at radius 1 is 1.07 bits per heavy atom. The van der Waals surface area contributed by atoms with E-state index in [0.717, 1.165) is 10.8 Å². The minimum atomic E-state index is -3.56. The van der Waals surface area contributed by atoms with Crippen LogP contribution in [-0.2, 0) is 10.0 Å². The van der Waals surface area contributed by atoms with Crippen LogP contribution in [0.4, 0.5) is 0 Å². The quantitative estimate of drug-likeness (QED) is 0.656. The van der Waals surface area contributed by atoms with Gasteiger partial charge in [-0.3, -0.25) is 0 Å². The number of ether oxygens (including phenoxy) is 2. The summed E-state index contributed by atoms with van der Waals surface area (Å²) < 4.78 is 38.5. The number of sulfonamides is 1. The summed E-state index contributed by atoms with van der Waals surface area (Å²) in [5.41, 5.74) is 0. The molecule has 0 aliphatic carbocycles. The highest BCUT2D eigenvalue weighted by Crippen LogP contribution is 2.27. The van der Waals surface area contributed by atoms with Gasteiger partial charge in [-0.1, -0.05) is 24.3 Å². The van der Waals surface area contributed by atoms with E-state index in [4.69, 9.17) is 9.47 Å². The molecule has 0 unspecified atom stereocenters. The number of fused-ring (bicyclic) bond motifs is 1. The first kappa shape index (κ1) is 18.6. The molecule has 0 amide bonds. The normalized spacial score (nSPS) is 16.2. The maximum absolute atomic E-state index is 12.9. The first-order valence-corrected chi connectivity index (χ1v) is 10.5. The molecule has 0 radical (unpaired) electrons. The van der Waals surface area contributed by atoms with Crippen LogP contribution in [0, 0.1) is 0 Å². The third kappa shape index (κ3) is 3.65. The minimum Gasteiger partial charge on any atom is -0.497 e. The molecule has 1 aromatic heterocycles. The number of piperidine rings is 1. The van der Waals surface area contributed by atoms with Gasteiger partial charge in [-0.15, -0.1) is 5.10 Å². The summed E-state index contributed by atoms with van der Waals surface area (Å²) in [7, 11) is -2.04. The van der Waals surface area contributed by atoms with E-state index >= 15 is 0 Å². The van der Waals surface area contributed by atoms with E-state index in [1.807, 2.05) is 24.3 Å². The number of hydrogen-bond acceptors (Lipinski definition) is 6. The molecule has 2 heterocycles. The molecule has 1 aliphatic heterocycles. The van der Waals surface area contributed by atoms with Crippen LogP contribution in [0.25, 0.3) is 10.8 Å². The van der Waals surface area contributed by atoms with Crippen LogP contribution in [0.15, 0.2) is 59.6 Å². The average molecular weight is 399 g/mol. The van der Waals surface area contributed by atoms with E-state index in [9.17, 15) is 8.42 Å². The van der Waals surface area contributed by atoms with Crippen molar-refractivity contribution in [1.82, 2.24) is 14.5 Å². The maximum atomic E-state index is 12.9. The lowest BCUT2D eigenvalue weighted by Crippen LogP contribution is -2.41. The van der Waals surface area contributed by atoms with Crippen molar-refractivity contribution in [3.05, 3.63) is 54.7 Å². The molecule has 1 saturated heterocycles. The summed E-state index contributed by atoms with van der Waals surface area (Å²) in [5.74, 6) is 1.01. The Morgan fingerprint density at radius 2 is 1.86 bits per heavy atom. The number of hydrogen-bond donors (Lipinski definition) is 0. The van der Waals surface area contributed by atoms with E-state index in [1.54, 1.807) is 30.5 Å². The Labute approximate surface area is 164 Å². The third-order valence-corrected chi connectivity index (χ3v) is 6.79. The van der Waals surface area contributed by atoms with Gasteiger partial charge in [0.25, 0.3) is 0 Å². The van der Waals surface area contributed by atoms with Crippen molar-refractivity contribution in [2.45, 2.75) is 23.8 Å². The molecule has 2 aromatic carbocycles. The van der Waals surface area contributed by atoms with Crippen molar-refractivity contribution in [2.75, 3.05) is 20.2 Å². The van der Waals surface area contributed by atoms with Crippen LogP contribution in [0.5, 0.6) is 11.6 Å². The molecule has 0 spiro atoms. The fourth-order valence-electron chi connectivity index (χ4n) is 3.35. The molecule has 7 nitrogen and oxygen atoms in total. The lowest BCUT2D eigenvalue weighted by Gasteiger charge is -2.31. The average Bonchev–Trinajstić information content (AvgIpc) is 2.74. The summed E-state index contributed by atoms with van der Waals surface area (Å²) in [5, 5.41) is 9.98. The second kappa shape index (κ2) is 7.73. The van der Waals surface area contributed by atoms with Gasteiger partial charge in [0, 0.05) is 29.9 Å². The Kier molecular flexibility index (Phi) is 5.15. The van der Waals surface area contributed by atoms with Crippen LogP contribution in [0.2, 0.25) is 0 Å². The standard InChI is InChI=1S/C20H21N3O4S/c1-26-17-6-4-7-18(13-17)28(24,25)23-11-9-16(10-12-23)27-20-19-8-3-2-5-15(19)14-21-22-20/h2-8,13-14,16H,9-12H2,1H3. The predicted octanol–water partition coefficient (Wildman–Crippen LogP) is 2.87. The van der Waals surface area contributed by atoms with Gasteiger partial charge in [-0.25, -0.2) is 8.42 Å². The molecule has 146 valence electrons. The molecule has 0 N–H and O–H groups in total. The van der Waals surface area contributed by atoms with Gasteiger partial charge in [0.15, 0.2) is 0 Å². The summed E-state index contributed by atoms with van der Waals surface area (Å²) in [4.78, 5) is 0.242. The van der Waals surface area contributed by atoms with E-state index in [2.05, 4.69) is 10.2 Å². The van der Waals surface area contributed by atoms with E-state index in [0.29, 0.717) is 37.6 Å². The van der Waals surface area contributed by atoms with Crippen LogP contribution in [0.3, 0.4) is 0 Å². The van der Waals surface area contributed by atoms with Crippen molar-refractivity contribution < 1.29 is 17.9 Å². The van der Waals surface area contributed by atoms with E-state index < -0.39 is 10.0 Å². The second-order valence-electron chi connectivity index (χ2n) is 6.64. The zero-order chi connectivity index (χ0) is 19.6. The summed E-state index contributed by atoms with van der Waals surface area (Å²) in [6.45, 7) is 0.783. The van der Waals surface area contributed by atoms with Crippen molar-refractivity contribution in [1.29, 1.82) is 0 Å². The van der Waals surface area contributed by atoms with Gasteiger partial charge >= 0.3 is 0 Å². The van der Waals surface area contributed by atoms with Gasteiger partial charge in [-0.05, 0) is 31.0 Å². The highest BCUT2D eigenvalue weighted by atomic mass is 32.2. The molecular formula is C20H21N3O4S. The third-order valence-electron chi connectivity index (χ3n) is 4.89. The number of benzene rings is 2. The van der Waals surface area contributed by atoms with Crippen LogP contribution >= 0.6 is 0 Å². The topological polar surface area (TPSA) is 81.6 Å². The van der Waals surface area contributed by atoms with E-state index in [1.165, 1.54) is 11.4 Å². The number of methoxy groups -OCH3 is 1. The minimum absolute atomic E-state index is 0.100. The zero-order valence-electron chi connectivity index (χ0n) is 15.5. The van der Waals surface area contributed by atoms with Crippen LogP contribution in [-0.4, -0.2) is 49.2 Å². The van der Waals surface area contributed by atoms with Crippen molar-refractivity contribution >= 4 is 20.8 Å². The van der Waals surface area contributed by atoms with E-state index in [-0.39, 0.29) is 11.0 Å². The van der Waals surface area contributed by atoms with Gasteiger partial charge in [0.1, 0.15) is 11.9 Å². The Morgan fingerprint density at radius 3 is 2.64 bits per heavy atom. The van der Waals surface area contributed by atoms with Crippen LogP contribution in [0.1, 0.15) is 12.8 Å². The molecule has 0 bridgehead atoms. The SMILES string of the molecule is COc1cccc(S(=O)(=O)N2CCC(Oc3nncc4ccccc34)CC2)c1. The predicted molar refractivity (Wildman–Crippen MR) is 105 cm³/mol. The fraction of sp³-hybridized carbons (Fsp3) is 0.300. The first-order chi connectivity index (χ1) is 13.6. The highest BCUT2D eigenvalue weighted by Gasteiger charge is 2.30. The Balaban J connectivity index is 1.45. The lowest BCUT2D eigenvalue weighted by molar-refractivity contribution is 0.130.